The number of benzene rings is 4. The Bertz CT molecular complexity index is 1970. The second kappa shape index (κ2) is 16.4. The van der Waals surface area contributed by atoms with E-state index in [0.29, 0.717) is 41.9 Å². The molecule has 0 bridgehead atoms. The number of H-pyrrole nitrogens is 1. The van der Waals surface area contributed by atoms with Gasteiger partial charge >= 0.3 is 12.3 Å². The number of anilines is 1. The second-order valence-corrected chi connectivity index (χ2v) is 11.9. The molecule has 1 aromatic heterocycles. The Hall–Kier alpha value is -5.66. The normalized spacial score (nSPS) is 13.0. The van der Waals surface area contributed by atoms with Crippen molar-refractivity contribution >= 4 is 35.3 Å². The van der Waals surface area contributed by atoms with Crippen LogP contribution in [-0.4, -0.2) is 45.6 Å². The third kappa shape index (κ3) is 9.53. The molecule has 51 heavy (non-hydrogen) atoms. The molecule has 10 nitrogen and oxygen atoms in total. The van der Waals surface area contributed by atoms with Gasteiger partial charge in [0.25, 0.3) is 5.91 Å². The highest BCUT2D eigenvalue weighted by Gasteiger charge is 2.33. The Morgan fingerprint density at radius 1 is 0.961 bits per heavy atom. The topological polar surface area (TPSA) is 155 Å². The van der Waals surface area contributed by atoms with E-state index in [1.165, 1.54) is 0 Å². The number of aromatic amines is 1. The van der Waals surface area contributed by atoms with Gasteiger partial charge in [-0.2, -0.15) is 13.2 Å². The van der Waals surface area contributed by atoms with E-state index in [1.54, 1.807) is 12.1 Å². The van der Waals surface area contributed by atoms with Crippen LogP contribution in [0.5, 0.6) is 0 Å². The van der Waals surface area contributed by atoms with Crippen LogP contribution < -0.4 is 16.2 Å². The first-order chi connectivity index (χ1) is 24.4. The number of carbonyl (C=O) groups is 3. The van der Waals surface area contributed by atoms with Crippen molar-refractivity contribution in [3.63, 3.8) is 0 Å². The van der Waals surface area contributed by atoms with Gasteiger partial charge in [0, 0.05) is 35.3 Å². The number of alkyl halides is 3. The molecule has 1 atom stereocenters. The van der Waals surface area contributed by atoms with Crippen LogP contribution in [0.1, 0.15) is 44.5 Å². The average molecular weight is 720 g/mol. The van der Waals surface area contributed by atoms with Crippen molar-refractivity contribution in [1.82, 2.24) is 14.9 Å². The summed E-state index contributed by atoms with van der Waals surface area (Å²) in [5, 5.41) is 11.9. The quantitative estimate of drug-likeness (QED) is 0.183. The second-order valence-electron chi connectivity index (χ2n) is 11.5. The molecule has 14 heteroatoms. The predicted octanol–water partition coefficient (Wildman–Crippen LogP) is 5.50. The number of carboxylic acid groups (broad SMARTS) is 1. The van der Waals surface area contributed by atoms with Crippen LogP contribution in [-0.2, 0) is 35.5 Å². The summed E-state index contributed by atoms with van der Waals surface area (Å²) in [6.07, 6.45) is -4.40. The van der Waals surface area contributed by atoms with Crippen LogP contribution in [0.25, 0.3) is 11.3 Å². The van der Waals surface area contributed by atoms with Crippen molar-refractivity contribution in [2.75, 3.05) is 11.9 Å². The fourth-order valence-corrected chi connectivity index (χ4v) is 5.76. The van der Waals surface area contributed by atoms with Crippen LogP contribution in [0.2, 0.25) is 5.15 Å². The molecule has 0 saturated carbocycles. The number of ether oxygens (including phenoxy) is 1. The molecule has 2 heterocycles. The zero-order valence-corrected chi connectivity index (χ0v) is 27.8. The SMILES string of the molecule is O=C([O-])C(F)(F)F.[NH3+]Cc1ccc2c(c1)CCN([C@@H](Cc1ccccc1)c1nc(-c3ccc(NC(=O)OCc4ccccc4)cc3)c(Cl)[nH]1)C2=O. The molecule has 0 fully saturated rings. The summed E-state index contributed by atoms with van der Waals surface area (Å²) < 4.78 is 36.9. The first-order valence-electron chi connectivity index (χ1n) is 15.8. The highest BCUT2D eigenvalue weighted by Crippen LogP contribution is 2.34. The molecule has 1 aliphatic heterocycles. The molecule has 264 valence electrons. The Kier molecular flexibility index (Phi) is 11.7. The number of hydrogen-bond donors (Lipinski definition) is 3. The number of imidazole rings is 1. The largest absolute Gasteiger partial charge is 0.542 e. The number of rotatable bonds is 9. The van der Waals surface area contributed by atoms with E-state index >= 15 is 0 Å². The highest BCUT2D eigenvalue weighted by molar-refractivity contribution is 6.31. The van der Waals surface area contributed by atoms with Gasteiger partial charge in [-0.1, -0.05) is 90.5 Å². The molecular weight excluding hydrogens is 687 g/mol. The lowest BCUT2D eigenvalue weighted by Crippen LogP contribution is -2.47. The zero-order valence-electron chi connectivity index (χ0n) is 27.1. The molecule has 0 radical (unpaired) electrons. The number of amides is 2. The van der Waals surface area contributed by atoms with Gasteiger partial charge in [0.1, 0.15) is 29.2 Å². The van der Waals surface area contributed by atoms with Crippen molar-refractivity contribution in [2.45, 2.75) is 38.2 Å². The minimum absolute atomic E-state index is 0.0218. The van der Waals surface area contributed by atoms with E-state index < -0.39 is 18.2 Å². The fraction of sp³-hybridized carbons (Fsp3) is 0.189. The number of carbonyl (C=O) groups excluding carboxylic acids is 3. The molecule has 0 spiro atoms. The number of hydrogen-bond acceptors (Lipinski definition) is 6. The van der Waals surface area contributed by atoms with Crippen molar-refractivity contribution in [2.24, 2.45) is 0 Å². The average Bonchev–Trinajstić information content (AvgIpc) is 3.52. The number of fused-ring (bicyclic) bond motifs is 1. The molecule has 0 unspecified atom stereocenters. The van der Waals surface area contributed by atoms with Crippen LogP contribution in [0.15, 0.2) is 103 Å². The molecule has 5 aromatic rings. The summed E-state index contributed by atoms with van der Waals surface area (Å²) in [7, 11) is 0. The smallest absolute Gasteiger partial charge is 0.430 e. The van der Waals surface area contributed by atoms with Gasteiger partial charge < -0.3 is 30.3 Å². The van der Waals surface area contributed by atoms with Crippen LogP contribution >= 0.6 is 11.6 Å². The molecule has 2 amide bonds. The molecule has 5 N–H and O–H groups in total. The number of nitrogens with zero attached hydrogens (tertiary/aromatic N) is 2. The summed E-state index contributed by atoms with van der Waals surface area (Å²) in [6.45, 7) is 1.44. The van der Waals surface area contributed by atoms with E-state index in [1.807, 2.05) is 77.7 Å². The number of quaternary nitrogens is 1. The van der Waals surface area contributed by atoms with Crippen LogP contribution in [0.3, 0.4) is 0 Å². The van der Waals surface area contributed by atoms with E-state index in [4.69, 9.17) is 31.2 Å². The lowest BCUT2D eigenvalue weighted by atomic mass is 9.94. The molecule has 4 aromatic carbocycles. The summed E-state index contributed by atoms with van der Waals surface area (Å²) in [5.74, 6) is -2.41. The standard InChI is InChI=1S/C35H32ClN5O3.C2HF3O2/c36-32-31(26-12-14-28(15-13-26)38-35(43)44-22-24-9-5-2-6-10-24)39-33(40-32)30(20-23-7-3-1-4-8-23)41-18-17-27-19-25(21-37)11-16-29(27)34(41)42;3-2(4,5)1(6)7/h1-16,19,30H,17-18,20-22,37H2,(H,38,43)(H,39,40);(H,6,7)/t30-;/m0./s1. The number of carboxylic acids is 1. The van der Waals surface area contributed by atoms with Gasteiger partial charge in [-0.3, -0.25) is 10.1 Å². The summed E-state index contributed by atoms with van der Waals surface area (Å²) in [5.41, 5.74) is 10.8. The van der Waals surface area contributed by atoms with Crippen LogP contribution in [0, 0.1) is 0 Å². The van der Waals surface area contributed by atoms with Gasteiger partial charge in [0.15, 0.2) is 0 Å². The zero-order chi connectivity index (χ0) is 36.5. The van der Waals surface area contributed by atoms with E-state index in [0.717, 1.165) is 39.8 Å². The fourth-order valence-electron chi connectivity index (χ4n) is 5.51. The van der Waals surface area contributed by atoms with Crippen molar-refractivity contribution < 1.29 is 43.1 Å². The minimum Gasteiger partial charge on any atom is -0.542 e. The Labute approximate surface area is 296 Å². The number of halogens is 4. The Balaban J connectivity index is 0.000000654. The molecule has 1 aliphatic rings. The predicted molar refractivity (Wildman–Crippen MR) is 181 cm³/mol. The third-order valence-corrected chi connectivity index (χ3v) is 8.34. The van der Waals surface area contributed by atoms with Gasteiger partial charge in [-0.15, -0.1) is 0 Å². The summed E-state index contributed by atoms with van der Waals surface area (Å²) in [6, 6.07) is 32.4. The van der Waals surface area contributed by atoms with Crippen molar-refractivity contribution in [3.8, 4) is 11.3 Å². The van der Waals surface area contributed by atoms with Gasteiger partial charge in [0.05, 0.1) is 12.6 Å². The van der Waals surface area contributed by atoms with E-state index in [9.17, 15) is 22.8 Å². The Morgan fingerprint density at radius 2 is 1.59 bits per heavy atom. The maximum Gasteiger partial charge on any atom is 0.430 e. The first kappa shape index (κ1) is 36.6. The monoisotopic (exact) mass is 719 g/mol. The maximum absolute atomic E-state index is 13.8. The molecular formula is C37H33ClF3N5O5. The van der Waals surface area contributed by atoms with Crippen molar-refractivity contribution in [3.05, 3.63) is 142 Å². The summed E-state index contributed by atoms with van der Waals surface area (Å²) >= 11 is 6.72. The molecule has 0 aliphatic carbocycles. The van der Waals surface area contributed by atoms with E-state index in [2.05, 4.69) is 34.2 Å². The van der Waals surface area contributed by atoms with Gasteiger partial charge in [0.2, 0.25) is 0 Å². The molecule has 0 saturated heterocycles. The summed E-state index contributed by atoms with van der Waals surface area (Å²) in [4.78, 5) is 45.0. The maximum atomic E-state index is 13.8. The lowest BCUT2D eigenvalue weighted by Gasteiger charge is -2.35. The minimum atomic E-state index is -5.19. The van der Waals surface area contributed by atoms with Gasteiger partial charge in [-0.05, 0) is 47.4 Å². The van der Waals surface area contributed by atoms with Gasteiger partial charge in [-0.25, -0.2) is 9.78 Å². The number of nitrogens with one attached hydrogen (secondary N) is 2. The Morgan fingerprint density at radius 3 is 2.20 bits per heavy atom. The number of aliphatic carboxylic acids is 1. The van der Waals surface area contributed by atoms with Crippen LogP contribution in [0.4, 0.5) is 23.7 Å². The number of aromatic nitrogens is 2. The van der Waals surface area contributed by atoms with Crippen molar-refractivity contribution in [1.29, 1.82) is 0 Å². The lowest BCUT2D eigenvalue weighted by molar-refractivity contribution is -0.386. The van der Waals surface area contributed by atoms with E-state index in [-0.39, 0.29) is 18.6 Å². The molecule has 6 rings (SSSR count). The highest BCUT2D eigenvalue weighted by atomic mass is 35.5. The first-order valence-corrected chi connectivity index (χ1v) is 16.2. The third-order valence-electron chi connectivity index (χ3n) is 8.06.